The molecule has 0 aromatic carbocycles. The molecule has 0 aromatic heterocycles. The molecule has 2 heterocycles. The molecule has 1 aliphatic carbocycles. The van der Waals surface area contributed by atoms with Gasteiger partial charge in [0.2, 0.25) is 0 Å². The molecule has 5 heteroatoms. The third kappa shape index (κ3) is 4.57. The molecular formula is C21H28O5. The third-order valence-electron chi connectivity index (χ3n) is 5.28. The molecule has 0 unspecified atom stereocenters. The fourth-order valence-electron chi connectivity index (χ4n) is 3.82. The van der Waals surface area contributed by atoms with E-state index in [4.69, 9.17) is 14.2 Å². The van der Waals surface area contributed by atoms with E-state index in [2.05, 4.69) is 6.58 Å². The summed E-state index contributed by atoms with van der Waals surface area (Å²) in [6, 6.07) is 0. The zero-order chi connectivity index (χ0) is 18.4. The lowest BCUT2D eigenvalue weighted by Crippen LogP contribution is -2.44. The minimum atomic E-state index is -0.581. The number of carbonyl (C=O) groups excluding carboxylic acids is 2. The van der Waals surface area contributed by atoms with Crippen LogP contribution in [0, 0.1) is 17.8 Å². The molecule has 1 saturated heterocycles. The van der Waals surface area contributed by atoms with Gasteiger partial charge in [-0.15, -0.1) is 6.58 Å². The molecule has 1 fully saturated rings. The Morgan fingerprint density at radius 1 is 1.08 bits per heavy atom. The zero-order valence-corrected chi connectivity index (χ0v) is 15.2. The summed E-state index contributed by atoms with van der Waals surface area (Å²) in [4.78, 5) is 23.7. The van der Waals surface area contributed by atoms with E-state index in [1.807, 2.05) is 24.3 Å². The molecule has 3 rings (SSSR count). The maximum Gasteiger partial charge on any atom is 0.316 e. The number of carbonyl (C=O) groups is 2. The molecular weight excluding hydrogens is 332 g/mol. The number of ether oxygens (including phenoxy) is 3. The quantitative estimate of drug-likeness (QED) is 0.316. The molecule has 0 spiro atoms. The van der Waals surface area contributed by atoms with Crippen LogP contribution >= 0.6 is 0 Å². The summed E-state index contributed by atoms with van der Waals surface area (Å²) in [5, 5.41) is 0. The summed E-state index contributed by atoms with van der Waals surface area (Å²) in [6.45, 7) is 3.83. The van der Waals surface area contributed by atoms with Crippen LogP contribution in [0.15, 0.2) is 36.6 Å². The minimum Gasteiger partial charge on any atom is -0.458 e. The van der Waals surface area contributed by atoms with E-state index >= 15 is 0 Å². The normalized spacial score (nSPS) is 28.2. The van der Waals surface area contributed by atoms with Crippen LogP contribution < -0.4 is 0 Å². The number of hydrogen-bond donors (Lipinski definition) is 0. The second kappa shape index (κ2) is 9.06. The second-order valence-electron chi connectivity index (χ2n) is 7.23. The van der Waals surface area contributed by atoms with Crippen LogP contribution in [0.1, 0.15) is 51.4 Å². The molecule has 142 valence electrons. The highest BCUT2D eigenvalue weighted by Crippen LogP contribution is 2.44. The van der Waals surface area contributed by atoms with Crippen molar-refractivity contribution < 1.29 is 23.8 Å². The number of esters is 2. The van der Waals surface area contributed by atoms with Gasteiger partial charge in [0.25, 0.3) is 6.29 Å². The Morgan fingerprint density at radius 3 is 2.65 bits per heavy atom. The van der Waals surface area contributed by atoms with Gasteiger partial charge in [-0.25, -0.2) is 0 Å². The van der Waals surface area contributed by atoms with Crippen molar-refractivity contribution in [3.63, 3.8) is 0 Å². The van der Waals surface area contributed by atoms with Crippen LogP contribution in [0.5, 0.6) is 0 Å². The van der Waals surface area contributed by atoms with Crippen molar-refractivity contribution in [2.45, 2.75) is 57.7 Å². The van der Waals surface area contributed by atoms with Crippen LogP contribution in [-0.4, -0.2) is 24.8 Å². The molecule has 2 aliphatic heterocycles. The Morgan fingerprint density at radius 2 is 1.85 bits per heavy atom. The number of hydrogen-bond acceptors (Lipinski definition) is 5. The van der Waals surface area contributed by atoms with Crippen LogP contribution in [0.2, 0.25) is 0 Å². The molecule has 26 heavy (non-hydrogen) atoms. The smallest absolute Gasteiger partial charge is 0.316 e. The lowest BCUT2D eigenvalue weighted by molar-refractivity contribution is -0.205. The van der Waals surface area contributed by atoms with Crippen LogP contribution in [-0.2, 0) is 23.8 Å². The summed E-state index contributed by atoms with van der Waals surface area (Å²) in [6.07, 6.45) is 15.4. The van der Waals surface area contributed by atoms with E-state index < -0.39 is 6.29 Å². The molecule has 5 nitrogen and oxygen atoms in total. The standard InChI is InChI=1S/C21H28O5/c1-2-3-4-5-6-7-8-9-10-19(22)24-14-15-13-18-16-11-12-17(18)21(25-15)26-20(16)23/h2,11-13,16-18,21H,1,3-10,14H2/t16-,17+,18-,21+/m1/s1. The summed E-state index contributed by atoms with van der Waals surface area (Å²) < 4.78 is 16.3. The zero-order valence-electron chi connectivity index (χ0n) is 15.2. The van der Waals surface area contributed by atoms with E-state index in [1.165, 1.54) is 19.3 Å². The van der Waals surface area contributed by atoms with Crippen LogP contribution in [0.3, 0.4) is 0 Å². The van der Waals surface area contributed by atoms with Crippen LogP contribution in [0.25, 0.3) is 0 Å². The Bertz CT molecular complexity index is 591. The molecule has 0 N–H and O–H groups in total. The van der Waals surface area contributed by atoms with Gasteiger partial charge in [0.1, 0.15) is 12.4 Å². The Labute approximate surface area is 155 Å². The number of allylic oxidation sites excluding steroid dienone is 2. The topological polar surface area (TPSA) is 61.8 Å². The molecule has 3 aliphatic rings. The van der Waals surface area contributed by atoms with E-state index in [9.17, 15) is 9.59 Å². The maximum absolute atomic E-state index is 11.9. The van der Waals surface area contributed by atoms with Gasteiger partial charge in [0.15, 0.2) is 0 Å². The summed E-state index contributed by atoms with van der Waals surface area (Å²) in [5.74, 6) is 0.0931. The largest absolute Gasteiger partial charge is 0.458 e. The van der Waals surface area contributed by atoms with Crippen molar-refractivity contribution in [3.05, 3.63) is 36.6 Å². The number of unbranched alkanes of at least 4 members (excludes halogenated alkanes) is 6. The summed E-state index contributed by atoms with van der Waals surface area (Å²) in [7, 11) is 0. The first-order valence-corrected chi connectivity index (χ1v) is 9.71. The fraction of sp³-hybridized carbons (Fsp3) is 0.619. The highest BCUT2D eigenvalue weighted by Gasteiger charge is 2.50. The van der Waals surface area contributed by atoms with Crippen molar-refractivity contribution in [1.82, 2.24) is 0 Å². The molecule has 0 saturated carbocycles. The molecule has 0 amide bonds. The highest BCUT2D eigenvalue weighted by atomic mass is 16.7. The van der Waals surface area contributed by atoms with Gasteiger partial charge in [-0.3, -0.25) is 9.59 Å². The molecule has 0 aromatic rings. The second-order valence-corrected chi connectivity index (χ2v) is 7.23. The monoisotopic (exact) mass is 360 g/mol. The van der Waals surface area contributed by atoms with Crippen molar-refractivity contribution in [3.8, 4) is 0 Å². The van der Waals surface area contributed by atoms with E-state index in [1.54, 1.807) is 0 Å². The SMILES string of the molecule is C=CCCCCCCCCC(=O)OCC1=C[C@H]2[C@@H]3C=C[C@H]2C(=O)O[C@@H]3O1. The fourth-order valence-corrected chi connectivity index (χ4v) is 3.82. The van der Waals surface area contributed by atoms with E-state index in [-0.39, 0.29) is 36.3 Å². The third-order valence-corrected chi connectivity index (χ3v) is 5.28. The van der Waals surface area contributed by atoms with Crippen molar-refractivity contribution in [1.29, 1.82) is 0 Å². The van der Waals surface area contributed by atoms with Gasteiger partial charge in [0.05, 0.1) is 11.8 Å². The van der Waals surface area contributed by atoms with Crippen LogP contribution in [0.4, 0.5) is 0 Å². The van der Waals surface area contributed by atoms with Crippen molar-refractivity contribution in [2.75, 3.05) is 6.61 Å². The van der Waals surface area contributed by atoms with Gasteiger partial charge in [-0.2, -0.15) is 0 Å². The Kier molecular flexibility index (Phi) is 6.53. The average molecular weight is 360 g/mol. The summed E-state index contributed by atoms with van der Waals surface area (Å²) >= 11 is 0. The highest BCUT2D eigenvalue weighted by molar-refractivity contribution is 5.77. The van der Waals surface area contributed by atoms with E-state index in [0.717, 1.165) is 25.7 Å². The van der Waals surface area contributed by atoms with Gasteiger partial charge in [-0.1, -0.05) is 43.9 Å². The summed E-state index contributed by atoms with van der Waals surface area (Å²) in [5.41, 5.74) is 0. The maximum atomic E-state index is 11.9. The minimum absolute atomic E-state index is 0.0739. The predicted molar refractivity (Wildman–Crippen MR) is 96.8 cm³/mol. The molecule has 0 radical (unpaired) electrons. The van der Waals surface area contributed by atoms with Gasteiger partial charge in [0, 0.05) is 12.3 Å². The molecule has 4 atom stereocenters. The Hall–Kier alpha value is -2.04. The van der Waals surface area contributed by atoms with Gasteiger partial charge >= 0.3 is 11.9 Å². The average Bonchev–Trinajstić information content (AvgIpc) is 2.98. The first-order chi connectivity index (χ1) is 12.7. The number of rotatable bonds is 11. The Balaban J connectivity index is 1.31. The molecule has 4 bridgehead atoms. The van der Waals surface area contributed by atoms with Crippen molar-refractivity contribution in [2.24, 2.45) is 17.8 Å². The lowest BCUT2D eigenvalue weighted by Gasteiger charge is -2.38. The van der Waals surface area contributed by atoms with Gasteiger partial charge < -0.3 is 14.2 Å². The lowest BCUT2D eigenvalue weighted by atomic mass is 9.83. The first-order valence-electron chi connectivity index (χ1n) is 9.71. The van der Waals surface area contributed by atoms with E-state index in [0.29, 0.717) is 12.2 Å². The van der Waals surface area contributed by atoms with Gasteiger partial charge in [-0.05, 0) is 25.3 Å². The van der Waals surface area contributed by atoms with Crippen molar-refractivity contribution >= 4 is 11.9 Å². The first kappa shape index (κ1) is 18.7. The predicted octanol–water partition coefficient (Wildman–Crippen LogP) is 4.05.